The van der Waals surface area contributed by atoms with Gasteiger partial charge in [-0.15, -0.1) is 4.83 Å². The predicted molar refractivity (Wildman–Crippen MR) is 83.8 cm³/mol. The van der Waals surface area contributed by atoms with E-state index in [9.17, 15) is 27.7 Å². The molecule has 0 unspecified atom stereocenters. The number of hydrogen-bond acceptors (Lipinski definition) is 6. The van der Waals surface area contributed by atoms with Crippen LogP contribution in [0, 0.1) is 15.9 Å². The van der Waals surface area contributed by atoms with Gasteiger partial charge in [0.1, 0.15) is 16.5 Å². The molecule has 0 saturated heterocycles. The van der Waals surface area contributed by atoms with Gasteiger partial charge in [0, 0.05) is 12.1 Å². The molecule has 2 N–H and O–H groups in total. The first-order valence-corrected chi connectivity index (χ1v) is 8.13. The monoisotopic (exact) mass is 369 g/mol. The van der Waals surface area contributed by atoms with Crippen LogP contribution in [0.5, 0.6) is 5.75 Å². The maximum atomic E-state index is 13.5. The van der Waals surface area contributed by atoms with Crippen LogP contribution < -0.4 is 15.0 Å². The molecule has 0 bridgehead atoms. The number of ether oxygens (including phenoxy) is 1. The summed E-state index contributed by atoms with van der Waals surface area (Å²) in [6.45, 7) is 0. The molecule has 0 radical (unpaired) electrons. The van der Waals surface area contributed by atoms with Crippen molar-refractivity contribution in [3.63, 3.8) is 0 Å². The van der Waals surface area contributed by atoms with Crippen LogP contribution in [0.15, 0.2) is 47.4 Å². The van der Waals surface area contributed by atoms with Crippen LogP contribution in [0.4, 0.5) is 10.1 Å². The van der Waals surface area contributed by atoms with E-state index >= 15 is 0 Å². The number of hydrogen-bond donors (Lipinski definition) is 2. The van der Waals surface area contributed by atoms with Gasteiger partial charge in [-0.05, 0) is 18.2 Å². The van der Waals surface area contributed by atoms with E-state index in [1.165, 1.54) is 19.2 Å². The summed E-state index contributed by atoms with van der Waals surface area (Å²) >= 11 is 0. The highest BCUT2D eigenvalue weighted by atomic mass is 32.2. The Hall–Kier alpha value is -3.05. The topological polar surface area (TPSA) is 128 Å². The second-order valence-electron chi connectivity index (χ2n) is 4.63. The summed E-state index contributed by atoms with van der Waals surface area (Å²) in [7, 11) is -3.23. The van der Waals surface area contributed by atoms with Crippen LogP contribution >= 0.6 is 0 Å². The maximum absolute atomic E-state index is 13.5. The minimum atomic E-state index is -4.41. The number of rotatable bonds is 6. The van der Waals surface area contributed by atoms with Gasteiger partial charge in [-0.2, -0.15) is 0 Å². The van der Waals surface area contributed by atoms with Crippen molar-refractivity contribution in [3.05, 3.63) is 64.0 Å². The van der Waals surface area contributed by atoms with E-state index in [0.717, 1.165) is 30.3 Å². The molecule has 2 aromatic rings. The lowest BCUT2D eigenvalue weighted by atomic mass is 10.2. The third kappa shape index (κ3) is 4.08. The fraction of sp³-hybridized carbons (Fsp3) is 0.0714. The second-order valence-corrected chi connectivity index (χ2v) is 6.28. The molecule has 0 aromatic heterocycles. The zero-order valence-corrected chi connectivity index (χ0v) is 13.5. The standard InChI is InChI=1S/C14H12FN3O6S/c1-24-12-7-6-9(18(20)21)8-13(12)25(22,23)17-16-14(19)10-4-2-3-5-11(10)15/h2-8,17H,1H3,(H,16,19). The van der Waals surface area contributed by atoms with Crippen LogP contribution in [0.2, 0.25) is 0 Å². The van der Waals surface area contributed by atoms with Crippen molar-refractivity contribution in [3.8, 4) is 5.75 Å². The summed E-state index contributed by atoms with van der Waals surface area (Å²) in [4.78, 5) is 23.1. The molecule has 25 heavy (non-hydrogen) atoms. The molecule has 0 aliphatic heterocycles. The zero-order valence-electron chi connectivity index (χ0n) is 12.7. The fourth-order valence-electron chi connectivity index (χ4n) is 1.87. The van der Waals surface area contributed by atoms with Crippen LogP contribution in [0.3, 0.4) is 0 Å². The summed E-state index contributed by atoms with van der Waals surface area (Å²) in [5.41, 5.74) is 0.973. The largest absolute Gasteiger partial charge is 0.495 e. The quantitative estimate of drug-likeness (QED) is 0.585. The van der Waals surface area contributed by atoms with Crippen molar-refractivity contribution in [2.24, 2.45) is 0 Å². The number of nitro groups is 1. The van der Waals surface area contributed by atoms with Gasteiger partial charge in [-0.1, -0.05) is 12.1 Å². The van der Waals surface area contributed by atoms with Gasteiger partial charge in [0.2, 0.25) is 0 Å². The van der Waals surface area contributed by atoms with E-state index < -0.39 is 37.3 Å². The molecule has 9 nitrogen and oxygen atoms in total. The summed E-state index contributed by atoms with van der Waals surface area (Å²) in [6, 6.07) is 7.90. The first-order valence-electron chi connectivity index (χ1n) is 6.65. The number of carbonyl (C=O) groups excluding carboxylic acids is 1. The number of halogens is 1. The van der Waals surface area contributed by atoms with Crippen molar-refractivity contribution in [2.75, 3.05) is 7.11 Å². The number of hydrazine groups is 1. The van der Waals surface area contributed by atoms with Crippen molar-refractivity contribution in [1.82, 2.24) is 10.3 Å². The van der Waals surface area contributed by atoms with Crippen LogP contribution in [-0.2, 0) is 10.0 Å². The van der Waals surface area contributed by atoms with Gasteiger partial charge in [0.05, 0.1) is 17.6 Å². The molecule has 11 heteroatoms. The third-order valence-corrected chi connectivity index (χ3v) is 4.33. The van der Waals surface area contributed by atoms with E-state index in [0.29, 0.717) is 0 Å². The summed E-state index contributed by atoms with van der Waals surface area (Å²) in [5, 5.41) is 10.8. The normalized spacial score (nSPS) is 11.0. The molecule has 0 aliphatic rings. The second kappa shape index (κ2) is 7.23. The highest BCUT2D eigenvalue weighted by Gasteiger charge is 2.24. The SMILES string of the molecule is COc1ccc([N+](=O)[O-])cc1S(=O)(=O)NNC(=O)c1ccccc1F. The Morgan fingerprint density at radius 2 is 1.92 bits per heavy atom. The number of nitrogens with one attached hydrogen (secondary N) is 2. The van der Waals surface area contributed by atoms with Gasteiger partial charge in [0.15, 0.2) is 0 Å². The highest BCUT2D eigenvalue weighted by Crippen LogP contribution is 2.27. The summed E-state index contributed by atoms with van der Waals surface area (Å²) < 4.78 is 42.9. The maximum Gasteiger partial charge on any atom is 0.271 e. The number of sulfonamides is 1. The molecule has 132 valence electrons. The van der Waals surface area contributed by atoms with Crippen LogP contribution in [0.1, 0.15) is 10.4 Å². The lowest BCUT2D eigenvalue weighted by Gasteiger charge is -2.11. The Morgan fingerprint density at radius 1 is 1.24 bits per heavy atom. The Labute approximate surface area is 141 Å². The smallest absolute Gasteiger partial charge is 0.271 e. The molecule has 0 atom stereocenters. The van der Waals surface area contributed by atoms with E-state index in [-0.39, 0.29) is 11.3 Å². The Balaban J connectivity index is 2.27. The molecular weight excluding hydrogens is 357 g/mol. The first kappa shape index (κ1) is 18.3. The number of non-ortho nitro benzene ring substituents is 1. The Kier molecular flexibility index (Phi) is 5.29. The Morgan fingerprint density at radius 3 is 2.52 bits per heavy atom. The van der Waals surface area contributed by atoms with Gasteiger partial charge < -0.3 is 4.74 Å². The molecule has 1 amide bonds. The molecule has 0 heterocycles. The first-order chi connectivity index (χ1) is 11.8. The number of benzene rings is 2. The van der Waals surface area contributed by atoms with Gasteiger partial charge in [-0.3, -0.25) is 20.3 Å². The van der Waals surface area contributed by atoms with E-state index in [4.69, 9.17) is 4.74 Å². The van der Waals surface area contributed by atoms with Crippen molar-refractivity contribution in [1.29, 1.82) is 0 Å². The molecule has 2 rings (SSSR count). The minimum absolute atomic E-state index is 0.168. The lowest BCUT2D eigenvalue weighted by molar-refractivity contribution is -0.385. The van der Waals surface area contributed by atoms with Gasteiger partial charge in [0.25, 0.3) is 21.6 Å². The van der Waals surface area contributed by atoms with Gasteiger partial charge >= 0.3 is 0 Å². The Bertz CT molecular complexity index is 932. The van der Waals surface area contributed by atoms with Crippen molar-refractivity contribution < 1.29 is 27.3 Å². The van der Waals surface area contributed by atoms with E-state index in [1.54, 1.807) is 4.83 Å². The van der Waals surface area contributed by atoms with E-state index in [1.807, 2.05) is 5.43 Å². The number of amides is 1. The molecule has 2 aromatic carbocycles. The number of methoxy groups -OCH3 is 1. The van der Waals surface area contributed by atoms with E-state index in [2.05, 4.69) is 0 Å². The molecular formula is C14H12FN3O6S. The minimum Gasteiger partial charge on any atom is -0.495 e. The number of carbonyl (C=O) groups is 1. The van der Waals surface area contributed by atoms with Crippen molar-refractivity contribution >= 4 is 21.6 Å². The predicted octanol–water partition coefficient (Wildman–Crippen LogP) is 1.37. The number of nitro benzene ring substituents is 1. The van der Waals surface area contributed by atoms with Gasteiger partial charge in [-0.25, -0.2) is 12.8 Å². The molecule has 0 fully saturated rings. The third-order valence-electron chi connectivity index (χ3n) is 3.06. The van der Waals surface area contributed by atoms with Crippen LogP contribution in [0.25, 0.3) is 0 Å². The fourth-order valence-corrected chi connectivity index (χ4v) is 2.90. The average molecular weight is 369 g/mol. The average Bonchev–Trinajstić information content (AvgIpc) is 2.59. The zero-order chi connectivity index (χ0) is 18.6. The lowest BCUT2D eigenvalue weighted by Crippen LogP contribution is -2.42. The molecule has 0 saturated carbocycles. The molecule has 0 spiro atoms. The highest BCUT2D eigenvalue weighted by molar-refractivity contribution is 7.89. The molecule has 0 aliphatic carbocycles. The van der Waals surface area contributed by atoms with Crippen molar-refractivity contribution in [2.45, 2.75) is 4.90 Å². The summed E-state index contributed by atoms with van der Waals surface area (Å²) in [5.74, 6) is -2.04. The van der Waals surface area contributed by atoms with Crippen LogP contribution in [-0.4, -0.2) is 26.4 Å². The number of nitrogens with zero attached hydrogens (tertiary/aromatic N) is 1. The summed E-state index contributed by atoms with van der Waals surface area (Å²) in [6.07, 6.45) is 0.